The summed E-state index contributed by atoms with van der Waals surface area (Å²) >= 11 is 0. The summed E-state index contributed by atoms with van der Waals surface area (Å²) in [6.45, 7) is 1.33. The molecule has 1 aliphatic heterocycles. The monoisotopic (exact) mass is 317 g/mol. The van der Waals surface area contributed by atoms with Gasteiger partial charge in [0.05, 0.1) is 4.92 Å². The molecule has 1 aromatic heterocycles. The molecule has 0 spiro atoms. The van der Waals surface area contributed by atoms with Gasteiger partial charge in [0.25, 0.3) is 0 Å². The molecule has 0 aliphatic carbocycles. The van der Waals surface area contributed by atoms with Gasteiger partial charge in [0.2, 0.25) is 0 Å². The van der Waals surface area contributed by atoms with E-state index in [9.17, 15) is 14.5 Å². The molecule has 1 aromatic carbocycles. The molecule has 1 saturated heterocycles. The lowest BCUT2D eigenvalue weighted by Gasteiger charge is -2.33. The molecule has 0 amide bonds. The van der Waals surface area contributed by atoms with Crippen molar-refractivity contribution in [3.05, 3.63) is 58.7 Å². The normalized spacial score (nSPS) is 15.4. The first-order valence-electron chi connectivity index (χ1n) is 7.39. The van der Waals surface area contributed by atoms with E-state index in [-0.39, 0.29) is 17.6 Å². The van der Waals surface area contributed by atoms with Crippen LogP contribution in [0, 0.1) is 15.9 Å². The van der Waals surface area contributed by atoms with Crippen LogP contribution in [0.3, 0.4) is 0 Å². The Morgan fingerprint density at radius 3 is 2.57 bits per heavy atom. The fourth-order valence-corrected chi connectivity index (χ4v) is 2.71. The largest absolute Gasteiger partial charge is 0.490 e. The van der Waals surface area contributed by atoms with Crippen molar-refractivity contribution in [3.8, 4) is 5.75 Å². The van der Waals surface area contributed by atoms with E-state index >= 15 is 0 Å². The third-order valence-electron chi connectivity index (χ3n) is 3.87. The van der Waals surface area contributed by atoms with Crippen LogP contribution in [-0.4, -0.2) is 29.1 Å². The predicted molar refractivity (Wildman–Crippen MR) is 83.2 cm³/mol. The van der Waals surface area contributed by atoms with E-state index in [1.165, 1.54) is 18.3 Å². The molecule has 0 saturated carbocycles. The summed E-state index contributed by atoms with van der Waals surface area (Å²) in [5.74, 6) is 0.344. The zero-order valence-electron chi connectivity index (χ0n) is 12.4. The molecular weight excluding hydrogens is 301 g/mol. The van der Waals surface area contributed by atoms with Gasteiger partial charge in [-0.25, -0.2) is 4.39 Å². The van der Waals surface area contributed by atoms with E-state index < -0.39 is 4.92 Å². The average molecular weight is 317 g/mol. The molecule has 1 aliphatic rings. The first-order valence-corrected chi connectivity index (χ1v) is 7.39. The highest BCUT2D eigenvalue weighted by Gasteiger charge is 2.25. The Labute approximate surface area is 132 Å². The molecule has 1 fully saturated rings. The van der Waals surface area contributed by atoms with Gasteiger partial charge in [0.1, 0.15) is 29.6 Å². The zero-order valence-corrected chi connectivity index (χ0v) is 12.4. The summed E-state index contributed by atoms with van der Waals surface area (Å²) in [4.78, 5) is 16.5. The third-order valence-corrected chi connectivity index (χ3v) is 3.87. The van der Waals surface area contributed by atoms with Crippen LogP contribution in [0.4, 0.5) is 15.8 Å². The van der Waals surface area contributed by atoms with Gasteiger partial charge in [0.15, 0.2) is 0 Å². The molecule has 0 N–H and O–H groups in total. The SMILES string of the molecule is O=[N+]([O-])c1cnccc1N1CCC(Oc2ccc(F)cc2)CC1. The van der Waals surface area contributed by atoms with Crippen LogP contribution in [0.2, 0.25) is 0 Å². The van der Waals surface area contributed by atoms with Gasteiger partial charge in [-0.05, 0) is 30.3 Å². The zero-order chi connectivity index (χ0) is 16.2. The predicted octanol–water partition coefficient (Wildman–Crippen LogP) is 3.18. The molecule has 2 heterocycles. The maximum atomic E-state index is 12.9. The van der Waals surface area contributed by atoms with Crippen LogP contribution in [0.1, 0.15) is 12.8 Å². The van der Waals surface area contributed by atoms with Crippen LogP contribution in [0.25, 0.3) is 0 Å². The fourth-order valence-electron chi connectivity index (χ4n) is 2.71. The highest BCUT2D eigenvalue weighted by Crippen LogP contribution is 2.30. The maximum Gasteiger partial charge on any atom is 0.310 e. The van der Waals surface area contributed by atoms with Gasteiger partial charge >= 0.3 is 5.69 Å². The number of benzene rings is 1. The molecule has 6 nitrogen and oxygen atoms in total. The average Bonchev–Trinajstić information content (AvgIpc) is 2.58. The third kappa shape index (κ3) is 3.56. The number of nitrogens with zero attached hydrogens (tertiary/aromatic N) is 3. The van der Waals surface area contributed by atoms with E-state index in [4.69, 9.17) is 4.74 Å². The van der Waals surface area contributed by atoms with Crippen molar-refractivity contribution < 1.29 is 14.1 Å². The van der Waals surface area contributed by atoms with Crippen LogP contribution in [-0.2, 0) is 0 Å². The fraction of sp³-hybridized carbons (Fsp3) is 0.312. The quantitative estimate of drug-likeness (QED) is 0.640. The molecular formula is C16H16FN3O3. The minimum atomic E-state index is -0.413. The van der Waals surface area contributed by atoms with Gasteiger partial charge in [-0.1, -0.05) is 0 Å². The van der Waals surface area contributed by atoms with Crippen molar-refractivity contribution >= 4 is 11.4 Å². The van der Waals surface area contributed by atoms with Crippen LogP contribution >= 0.6 is 0 Å². The van der Waals surface area contributed by atoms with Crippen LogP contribution in [0.5, 0.6) is 5.75 Å². The molecule has 0 bridgehead atoms. The van der Waals surface area contributed by atoms with Gasteiger partial charge < -0.3 is 9.64 Å². The highest BCUT2D eigenvalue weighted by molar-refractivity contribution is 5.61. The summed E-state index contributed by atoms with van der Waals surface area (Å²) in [6.07, 6.45) is 4.35. The Kier molecular flexibility index (Phi) is 4.36. The van der Waals surface area contributed by atoms with E-state index in [2.05, 4.69) is 4.98 Å². The number of pyridine rings is 1. The van der Waals surface area contributed by atoms with Crippen LogP contribution < -0.4 is 9.64 Å². The second-order valence-corrected chi connectivity index (χ2v) is 5.38. The highest BCUT2D eigenvalue weighted by atomic mass is 19.1. The minimum Gasteiger partial charge on any atom is -0.490 e. The van der Waals surface area contributed by atoms with Gasteiger partial charge in [-0.2, -0.15) is 0 Å². The van der Waals surface area contributed by atoms with E-state index in [0.29, 0.717) is 24.5 Å². The van der Waals surface area contributed by atoms with Crippen molar-refractivity contribution in [1.82, 2.24) is 4.98 Å². The van der Waals surface area contributed by atoms with Gasteiger partial charge in [-0.3, -0.25) is 15.1 Å². The Hall–Kier alpha value is -2.70. The van der Waals surface area contributed by atoms with Crippen molar-refractivity contribution in [2.45, 2.75) is 18.9 Å². The summed E-state index contributed by atoms with van der Waals surface area (Å²) in [5.41, 5.74) is 0.607. The van der Waals surface area contributed by atoms with Crippen molar-refractivity contribution in [3.63, 3.8) is 0 Å². The number of ether oxygens (including phenoxy) is 1. The number of hydrogen-bond donors (Lipinski definition) is 0. The maximum absolute atomic E-state index is 12.9. The molecule has 120 valence electrons. The Morgan fingerprint density at radius 2 is 1.91 bits per heavy atom. The Balaban J connectivity index is 1.62. The number of nitro groups is 1. The number of halogens is 1. The molecule has 23 heavy (non-hydrogen) atoms. The summed E-state index contributed by atoms with van der Waals surface area (Å²) in [7, 11) is 0. The molecule has 0 atom stereocenters. The second-order valence-electron chi connectivity index (χ2n) is 5.38. The van der Waals surface area contributed by atoms with E-state index in [1.807, 2.05) is 4.90 Å². The number of hydrogen-bond acceptors (Lipinski definition) is 5. The van der Waals surface area contributed by atoms with Crippen molar-refractivity contribution in [1.29, 1.82) is 0 Å². The molecule has 2 aromatic rings. The van der Waals surface area contributed by atoms with Crippen LogP contribution in [0.15, 0.2) is 42.7 Å². The minimum absolute atomic E-state index is 0.0189. The second kappa shape index (κ2) is 6.60. The smallest absolute Gasteiger partial charge is 0.310 e. The number of aromatic nitrogens is 1. The topological polar surface area (TPSA) is 68.5 Å². The standard InChI is InChI=1S/C16H16FN3O3/c17-12-1-3-13(4-2-12)23-14-6-9-19(10-7-14)15-5-8-18-11-16(15)20(21)22/h1-5,8,11,14H,6-7,9-10H2. The molecule has 7 heteroatoms. The van der Waals surface area contributed by atoms with Crippen molar-refractivity contribution in [2.24, 2.45) is 0 Å². The number of piperidine rings is 1. The lowest BCUT2D eigenvalue weighted by atomic mass is 10.1. The molecule has 0 radical (unpaired) electrons. The lowest BCUT2D eigenvalue weighted by molar-refractivity contribution is -0.384. The number of anilines is 1. The summed E-state index contributed by atoms with van der Waals surface area (Å²) < 4.78 is 18.7. The molecule has 3 rings (SSSR count). The van der Waals surface area contributed by atoms with E-state index in [0.717, 1.165) is 12.8 Å². The van der Waals surface area contributed by atoms with Crippen molar-refractivity contribution in [2.75, 3.05) is 18.0 Å². The Bertz CT molecular complexity index is 685. The Morgan fingerprint density at radius 1 is 1.22 bits per heavy atom. The lowest BCUT2D eigenvalue weighted by Crippen LogP contribution is -2.38. The summed E-state index contributed by atoms with van der Waals surface area (Å²) in [6, 6.07) is 7.61. The van der Waals surface area contributed by atoms with E-state index in [1.54, 1.807) is 24.4 Å². The van der Waals surface area contributed by atoms with Gasteiger partial charge in [0, 0.05) is 32.1 Å². The van der Waals surface area contributed by atoms with Gasteiger partial charge in [-0.15, -0.1) is 0 Å². The first-order chi connectivity index (χ1) is 11.1. The first kappa shape index (κ1) is 15.2. The number of rotatable bonds is 4. The molecule has 0 unspecified atom stereocenters. The summed E-state index contributed by atoms with van der Waals surface area (Å²) in [5, 5.41) is 11.1.